The SMILES string of the molecule is CC(C)c1ccc(C2c3cccn3CCN2C(=O)CN(C(=O)NCc2ccccc2)C(C)C)cc1. The molecule has 1 atom stereocenters. The molecule has 1 aliphatic heterocycles. The number of rotatable bonds is 7. The van der Waals surface area contributed by atoms with Crippen molar-refractivity contribution >= 4 is 11.9 Å². The van der Waals surface area contributed by atoms with Crippen LogP contribution in [0.3, 0.4) is 0 Å². The molecule has 1 aliphatic rings. The summed E-state index contributed by atoms with van der Waals surface area (Å²) in [5.74, 6) is 0.407. The van der Waals surface area contributed by atoms with Gasteiger partial charge in [-0.25, -0.2) is 4.79 Å². The molecule has 6 nitrogen and oxygen atoms in total. The average Bonchev–Trinajstić information content (AvgIpc) is 3.34. The lowest BCUT2D eigenvalue weighted by atomic mass is 9.95. The third-order valence-electron chi connectivity index (χ3n) is 6.75. The third kappa shape index (κ3) is 5.59. The fourth-order valence-corrected chi connectivity index (χ4v) is 4.67. The van der Waals surface area contributed by atoms with E-state index < -0.39 is 0 Å². The zero-order valence-electron chi connectivity index (χ0n) is 21.1. The summed E-state index contributed by atoms with van der Waals surface area (Å²) in [6, 6.07) is 22.0. The highest BCUT2D eigenvalue weighted by Crippen LogP contribution is 2.33. The molecular formula is C29H36N4O2. The van der Waals surface area contributed by atoms with Crippen molar-refractivity contribution < 1.29 is 9.59 Å². The predicted octanol–water partition coefficient (Wildman–Crippen LogP) is 5.16. The van der Waals surface area contributed by atoms with Gasteiger partial charge in [0.05, 0.1) is 6.04 Å². The first-order valence-electron chi connectivity index (χ1n) is 12.5. The third-order valence-corrected chi connectivity index (χ3v) is 6.75. The molecule has 35 heavy (non-hydrogen) atoms. The maximum atomic E-state index is 13.7. The lowest BCUT2D eigenvalue weighted by Gasteiger charge is -2.39. The Hall–Kier alpha value is -3.54. The van der Waals surface area contributed by atoms with E-state index in [9.17, 15) is 9.59 Å². The molecule has 0 saturated heterocycles. The van der Waals surface area contributed by atoms with Crippen LogP contribution in [0.15, 0.2) is 72.9 Å². The minimum Gasteiger partial charge on any atom is -0.348 e. The molecule has 0 spiro atoms. The van der Waals surface area contributed by atoms with Crippen LogP contribution < -0.4 is 5.32 Å². The van der Waals surface area contributed by atoms with Gasteiger partial charge in [-0.1, -0.05) is 68.4 Å². The van der Waals surface area contributed by atoms with Gasteiger partial charge < -0.3 is 19.7 Å². The van der Waals surface area contributed by atoms with E-state index in [2.05, 4.69) is 60.3 Å². The van der Waals surface area contributed by atoms with Crippen molar-refractivity contribution in [3.63, 3.8) is 0 Å². The van der Waals surface area contributed by atoms with Gasteiger partial charge in [0.15, 0.2) is 0 Å². The number of hydrogen-bond donors (Lipinski definition) is 1. The Morgan fingerprint density at radius 1 is 0.943 bits per heavy atom. The smallest absolute Gasteiger partial charge is 0.318 e. The molecule has 4 rings (SSSR count). The lowest BCUT2D eigenvalue weighted by Crippen LogP contribution is -2.51. The largest absolute Gasteiger partial charge is 0.348 e. The molecule has 1 N–H and O–H groups in total. The highest BCUT2D eigenvalue weighted by Gasteiger charge is 2.34. The highest BCUT2D eigenvalue weighted by molar-refractivity contribution is 5.85. The molecule has 1 aromatic heterocycles. The highest BCUT2D eigenvalue weighted by atomic mass is 16.2. The topological polar surface area (TPSA) is 57.6 Å². The second-order valence-corrected chi connectivity index (χ2v) is 9.80. The van der Waals surface area contributed by atoms with Crippen LogP contribution >= 0.6 is 0 Å². The second kappa shape index (κ2) is 10.8. The van der Waals surface area contributed by atoms with Crippen molar-refractivity contribution in [3.8, 4) is 0 Å². The number of amides is 3. The van der Waals surface area contributed by atoms with E-state index in [0.717, 1.165) is 23.4 Å². The van der Waals surface area contributed by atoms with Gasteiger partial charge in [0, 0.05) is 37.6 Å². The summed E-state index contributed by atoms with van der Waals surface area (Å²) in [4.78, 5) is 30.3. The molecule has 0 saturated carbocycles. The van der Waals surface area contributed by atoms with Crippen LogP contribution in [0, 0.1) is 0 Å². The molecule has 6 heteroatoms. The van der Waals surface area contributed by atoms with Crippen LogP contribution in [0.25, 0.3) is 0 Å². The Morgan fingerprint density at radius 2 is 1.66 bits per heavy atom. The Morgan fingerprint density at radius 3 is 2.31 bits per heavy atom. The van der Waals surface area contributed by atoms with Crippen LogP contribution in [-0.2, 0) is 17.9 Å². The summed E-state index contributed by atoms with van der Waals surface area (Å²) in [7, 11) is 0. The fraction of sp³-hybridized carbons (Fsp3) is 0.379. The van der Waals surface area contributed by atoms with Crippen molar-refractivity contribution in [2.75, 3.05) is 13.1 Å². The Kier molecular flexibility index (Phi) is 7.59. The molecule has 0 radical (unpaired) electrons. The van der Waals surface area contributed by atoms with Crippen molar-refractivity contribution in [2.24, 2.45) is 0 Å². The van der Waals surface area contributed by atoms with Crippen LogP contribution in [0.2, 0.25) is 0 Å². The van der Waals surface area contributed by atoms with E-state index in [1.54, 1.807) is 4.90 Å². The van der Waals surface area contributed by atoms with Gasteiger partial charge in [-0.3, -0.25) is 4.79 Å². The number of urea groups is 1. The summed E-state index contributed by atoms with van der Waals surface area (Å²) in [5, 5.41) is 2.97. The van der Waals surface area contributed by atoms with Crippen molar-refractivity contribution in [3.05, 3.63) is 95.3 Å². The van der Waals surface area contributed by atoms with Gasteiger partial charge in [0.25, 0.3) is 0 Å². The summed E-state index contributed by atoms with van der Waals surface area (Å²) < 4.78 is 2.22. The van der Waals surface area contributed by atoms with E-state index in [-0.39, 0.29) is 30.6 Å². The summed E-state index contributed by atoms with van der Waals surface area (Å²) in [6.45, 7) is 10.1. The number of benzene rings is 2. The summed E-state index contributed by atoms with van der Waals surface area (Å²) in [6.07, 6.45) is 2.07. The fourth-order valence-electron chi connectivity index (χ4n) is 4.67. The van der Waals surface area contributed by atoms with Crippen LogP contribution in [0.1, 0.15) is 62.0 Å². The monoisotopic (exact) mass is 472 g/mol. The minimum atomic E-state index is -0.226. The normalized spacial score (nSPS) is 15.3. The number of fused-ring (bicyclic) bond motifs is 1. The van der Waals surface area contributed by atoms with Crippen LogP contribution in [-0.4, -0.2) is 45.4 Å². The van der Waals surface area contributed by atoms with Gasteiger partial charge >= 0.3 is 6.03 Å². The predicted molar refractivity (Wildman–Crippen MR) is 139 cm³/mol. The molecule has 0 aliphatic carbocycles. The number of nitrogens with zero attached hydrogens (tertiary/aromatic N) is 3. The van der Waals surface area contributed by atoms with Crippen LogP contribution in [0.4, 0.5) is 4.79 Å². The molecular weight excluding hydrogens is 436 g/mol. The van der Waals surface area contributed by atoms with E-state index in [4.69, 9.17) is 0 Å². The van der Waals surface area contributed by atoms with Crippen molar-refractivity contribution in [1.29, 1.82) is 0 Å². The zero-order chi connectivity index (χ0) is 24.9. The quantitative estimate of drug-likeness (QED) is 0.516. The zero-order valence-corrected chi connectivity index (χ0v) is 21.1. The number of aromatic nitrogens is 1. The lowest BCUT2D eigenvalue weighted by molar-refractivity contribution is -0.134. The van der Waals surface area contributed by atoms with Gasteiger partial charge in [0.1, 0.15) is 6.54 Å². The van der Waals surface area contributed by atoms with Gasteiger partial charge in [-0.2, -0.15) is 0 Å². The first kappa shape index (κ1) is 24.6. The average molecular weight is 473 g/mol. The summed E-state index contributed by atoms with van der Waals surface area (Å²) in [5.41, 5.74) is 4.50. The van der Waals surface area contributed by atoms with E-state index >= 15 is 0 Å². The van der Waals surface area contributed by atoms with Gasteiger partial charge in [-0.05, 0) is 48.6 Å². The van der Waals surface area contributed by atoms with E-state index in [0.29, 0.717) is 19.0 Å². The summed E-state index contributed by atoms with van der Waals surface area (Å²) >= 11 is 0. The molecule has 1 unspecified atom stereocenters. The Labute approximate surface area is 208 Å². The molecule has 3 amide bonds. The standard InChI is InChI=1S/C29H36N4O2/c1-21(2)24-12-14-25(15-13-24)28-26-11-8-16-31(26)17-18-32(28)27(34)20-33(22(3)4)29(35)30-19-23-9-6-5-7-10-23/h5-16,21-22,28H,17-20H2,1-4H3,(H,30,35). The first-order valence-corrected chi connectivity index (χ1v) is 12.5. The Bertz CT molecular complexity index is 1140. The Balaban J connectivity index is 1.53. The number of carbonyl (C=O) groups is 2. The number of hydrogen-bond acceptors (Lipinski definition) is 2. The van der Waals surface area contributed by atoms with E-state index in [1.807, 2.05) is 55.1 Å². The molecule has 2 aromatic carbocycles. The number of nitrogens with one attached hydrogen (secondary N) is 1. The number of carbonyl (C=O) groups excluding carboxylic acids is 2. The molecule has 0 bridgehead atoms. The molecule has 3 aromatic rings. The van der Waals surface area contributed by atoms with Crippen molar-refractivity contribution in [2.45, 2.75) is 58.8 Å². The maximum absolute atomic E-state index is 13.7. The van der Waals surface area contributed by atoms with Crippen molar-refractivity contribution in [1.82, 2.24) is 19.7 Å². The van der Waals surface area contributed by atoms with Gasteiger partial charge in [0.2, 0.25) is 5.91 Å². The maximum Gasteiger partial charge on any atom is 0.318 e. The second-order valence-electron chi connectivity index (χ2n) is 9.80. The molecule has 2 heterocycles. The molecule has 184 valence electrons. The minimum absolute atomic E-state index is 0.0412. The van der Waals surface area contributed by atoms with Crippen LogP contribution in [0.5, 0.6) is 0 Å². The first-order chi connectivity index (χ1) is 16.8. The van der Waals surface area contributed by atoms with E-state index in [1.165, 1.54) is 5.56 Å². The van der Waals surface area contributed by atoms with Gasteiger partial charge in [-0.15, -0.1) is 0 Å². The molecule has 0 fully saturated rings.